The maximum absolute atomic E-state index is 8.06. The summed E-state index contributed by atoms with van der Waals surface area (Å²) in [5.74, 6) is 0. The van der Waals surface area contributed by atoms with Gasteiger partial charge in [-0.25, -0.2) is 0 Å². The van der Waals surface area contributed by atoms with E-state index in [4.69, 9.17) is 28.6 Å². The highest BCUT2D eigenvalue weighted by Crippen LogP contribution is 2.25. The number of nitrogens with one attached hydrogen (secondary N) is 1. The Hall–Kier alpha value is -1.38. The molecule has 2 aromatic rings. The topological polar surface area (TPSA) is 36.7 Å². The van der Waals surface area contributed by atoms with Crippen molar-refractivity contribution in [3.05, 3.63) is 63.9 Å². The Balaban J connectivity index is 2.50. The van der Waals surface area contributed by atoms with Gasteiger partial charge in [0.1, 0.15) is 0 Å². The second-order valence-corrected chi connectivity index (χ2v) is 4.03. The van der Waals surface area contributed by atoms with E-state index in [1.54, 1.807) is 0 Å². The van der Waals surface area contributed by atoms with Gasteiger partial charge in [-0.15, -0.1) is 0 Å². The Labute approximate surface area is 103 Å². The van der Waals surface area contributed by atoms with Crippen LogP contribution in [0.15, 0.2) is 42.7 Å². The van der Waals surface area contributed by atoms with Crippen molar-refractivity contribution in [3.8, 4) is 0 Å². The molecule has 4 heteroatoms. The first-order valence-electron chi connectivity index (χ1n) is 4.63. The fraction of sp³-hybridized carbons (Fsp3) is 0. The molecule has 0 amide bonds. The molecule has 2 nitrogen and oxygen atoms in total. The maximum atomic E-state index is 8.06. The summed E-state index contributed by atoms with van der Waals surface area (Å²) < 4.78 is 0. The van der Waals surface area contributed by atoms with Gasteiger partial charge in [-0.1, -0.05) is 53.5 Å². The Morgan fingerprint density at radius 3 is 2.12 bits per heavy atom. The molecule has 0 spiro atoms. The molecule has 1 heterocycles. The third-order valence-corrected chi connectivity index (χ3v) is 2.74. The van der Waals surface area contributed by atoms with Crippen LogP contribution in [0.1, 0.15) is 11.1 Å². The van der Waals surface area contributed by atoms with Crippen LogP contribution in [-0.4, -0.2) is 10.7 Å². The van der Waals surface area contributed by atoms with E-state index in [0.717, 1.165) is 5.56 Å². The second-order valence-electron chi connectivity index (χ2n) is 3.22. The zero-order valence-corrected chi connectivity index (χ0v) is 9.76. The van der Waals surface area contributed by atoms with Crippen LogP contribution in [0.5, 0.6) is 0 Å². The van der Waals surface area contributed by atoms with E-state index in [1.165, 1.54) is 12.4 Å². The summed E-state index contributed by atoms with van der Waals surface area (Å²) in [6, 6.07) is 9.32. The molecule has 0 atom stereocenters. The van der Waals surface area contributed by atoms with Crippen LogP contribution in [0.25, 0.3) is 0 Å². The number of hydrogen-bond donors (Lipinski definition) is 1. The normalized spacial score (nSPS) is 10.1. The first-order valence-corrected chi connectivity index (χ1v) is 5.39. The van der Waals surface area contributed by atoms with E-state index >= 15 is 0 Å². The molecule has 0 saturated heterocycles. The number of halogens is 2. The van der Waals surface area contributed by atoms with E-state index in [2.05, 4.69) is 4.98 Å². The SMILES string of the molecule is N=C(c1ccccc1)c1c(Cl)cncc1Cl. The zero-order chi connectivity index (χ0) is 11.5. The molecule has 1 aromatic carbocycles. The van der Waals surface area contributed by atoms with Gasteiger partial charge in [-0.3, -0.25) is 10.4 Å². The lowest BCUT2D eigenvalue weighted by Gasteiger charge is -2.07. The predicted octanol–water partition coefficient (Wildman–Crippen LogP) is 3.80. The van der Waals surface area contributed by atoms with Crippen molar-refractivity contribution in [2.45, 2.75) is 0 Å². The molecule has 2 rings (SSSR count). The number of nitrogens with zero attached hydrogens (tertiary/aromatic N) is 1. The third kappa shape index (κ3) is 2.08. The van der Waals surface area contributed by atoms with Gasteiger partial charge in [0.2, 0.25) is 0 Å². The molecule has 0 aliphatic rings. The van der Waals surface area contributed by atoms with Crippen LogP contribution < -0.4 is 0 Å². The van der Waals surface area contributed by atoms with Gasteiger partial charge in [-0.05, 0) is 0 Å². The van der Waals surface area contributed by atoms with Crippen LogP contribution in [0.3, 0.4) is 0 Å². The van der Waals surface area contributed by atoms with Gasteiger partial charge in [-0.2, -0.15) is 0 Å². The second kappa shape index (κ2) is 4.64. The molecule has 1 aromatic heterocycles. The lowest BCUT2D eigenvalue weighted by atomic mass is 10.0. The molecule has 0 aliphatic carbocycles. The Morgan fingerprint density at radius 1 is 1.00 bits per heavy atom. The van der Waals surface area contributed by atoms with E-state index in [-0.39, 0.29) is 0 Å². The van der Waals surface area contributed by atoms with Gasteiger partial charge >= 0.3 is 0 Å². The van der Waals surface area contributed by atoms with E-state index in [9.17, 15) is 0 Å². The summed E-state index contributed by atoms with van der Waals surface area (Å²) in [6.45, 7) is 0. The molecule has 0 radical (unpaired) electrons. The Morgan fingerprint density at radius 2 is 1.56 bits per heavy atom. The first kappa shape index (κ1) is 11.1. The van der Waals surface area contributed by atoms with Crippen molar-refractivity contribution in [2.24, 2.45) is 0 Å². The fourth-order valence-corrected chi connectivity index (χ4v) is 1.95. The lowest BCUT2D eigenvalue weighted by molar-refractivity contribution is 1.31. The largest absolute Gasteiger partial charge is 0.300 e. The minimum absolute atomic E-state index is 0.304. The van der Waals surface area contributed by atoms with Gasteiger partial charge in [0.15, 0.2) is 0 Å². The average Bonchev–Trinajstić information content (AvgIpc) is 2.30. The number of pyridine rings is 1. The summed E-state index contributed by atoms with van der Waals surface area (Å²) in [7, 11) is 0. The van der Waals surface area contributed by atoms with Crippen LogP contribution in [0, 0.1) is 5.41 Å². The van der Waals surface area contributed by atoms with Crippen LogP contribution in [0.4, 0.5) is 0 Å². The molecular formula is C12H8Cl2N2. The number of hydrogen-bond acceptors (Lipinski definition) is 2. The molecule has 0 aliphatic heterocycles. The summed E-state index contributed by atoms with van der Waals surface area (Å²) in [5.41, 5.74) is 1.60. The summed E-state index contributed by atoms with van der Waals surface area (Å²) >= 11 is 12.0. The minimum atomic E-state index is 0.304. The quantitative estimate of drug-likeness (QED) is 0.809. The molecule has 0 unspecified atom stereocenters. The van der Waals surface area contributed by atoms with Crippen molar-refractivity contribution in [1.29, 1.82) is 5.41 Å². The molecule has 80 valence electrons. The highest BCUT2D eigenvalue weighted by atomic mass is 35.5. The predicted molar refractivity (Wildman–Crippen MR) is 66.6 cm³/mol. The van der Waals surface area contributed by atoms with Crippen LogP contribution in [-0.2, 0) is 0 Å². The first-order chi connectivity index (χ1) is 7.70. The van der Waals surface area contributed by atoms with Crippen LogP contribution in [0.2, 0.25) is 10.0 Å². The van der Waals surface area contributed by atoms with E-state index < -0.39 is 0 Å². The number of benzene rings is 1. The third-order valence-electron chi connectivity index (χ3n) is 2.17. The number of rotatable bonds is 2. The van der Waals surface area contributed by atoms with Gasteiger partial charge < -0.3 is 0 Å². The lowest BCUT2D eigenvalue weighted by Crippen LogP contribution is -2.03. The maximum Gasteiger partial charge on any atom is 0.0715 e. The monoisotopic (exact) mass is 250 g/mol. The molecule has 0 fully saturated rings. The van der Waals surface area contributed by atoms with Gasteiger partial charge in [0.25, 0.3) is 0 Å². The van der Waals surface area contributed by atoms with Gasteiger partial charge in [0, 0.05) is 23.5 Å². The van der Waals surface area contributed by atoms with Crippen molar-refractivity contribution >= 4 is 28.9 Å². The zero-order valence-electron chi connectivity index (χ0n) is 8.24. The smallest absolute Gasteiger partial charge is 0.0715 e. The van der Waals surface area contributed by atoms with E-state index in [0.29, 0.717) is 21.3 Å². The Bertz CT molecular complexity index is 504. The van der Waals surface area contributed by atoms with E-state index in [1.807, 2.05) is 30.3 Å². The van der Waals surface area contributed by atoms with Crippen molar-refractivity contribution in [3.63, 3.8) is 0 Å². The fourth-order valence-electron chi connectivity index (χ4n) is 1.40. The van der Waals surface area contributed by atoms with Crippen molar-refractivity contribution < 1.29 is 0 Å². The molecule has 0 bridgehead atoms. The van der Waals surface area contributed by atoms with Crippen molar-refractivity contribution in [2.75, 3.05) is 0 Å². The van der Waals surface area contributed by atoms with Crippen LogP contribution >= 0.6 is 23.2 Å². The minimum Gasteiger partial charge on any atom is -0.300 e. The molecule has 1 N–H and O–H groups in total. The highest BCUT2D eigenvalue weighted by molar-refractivity contribution is 6.41. The Kier molecular flexibility index (Phi) is 3.22. The average molecular weight is 251 g/mol. The summed E-state index contributed by atoms with van der Waals surface area (Å²) in [5, 5.41) is 8.84. The summed E-state index contributed by atoms with van der Waals surface area (Å²) in [4.78, 5) is 3.86. The van der Waals surface area contributed by atoms with Crippen molar-refractivity contribution in [1.82, 2.24) is 4.98 Å². The standard InChI is InChI=1S/C12H8Cl2N2/c13-9-6-16-7-10(14)11(9)12(15)8-4-2-1-3-5-8/h1-7,15H. The molecule has 0 saturated carbocycles. The molecule has 16 heavy (non-hydrogen) atoms. The summed E-state index contributed by atoms with van der Waals surface area (Å²) in [6.07, 6.45) is 2.97. The van der Waals surface area contributed by atoms with Gasteiger partial charge in [0.05, 0.1) is 15.8 Å². The number of aromatic nitrogens is 1. The molecular weight excluding hydrogens is 243 g/mol. The highest BCUT2D eigenvalue weighted by Gasteiger charge is 2.12.